The summed E-state index contributed by atoms with van der Waals surface area (Å²) in [5.74, 6) is 3.16. The first-order chi connectivity index (χ1) is 16.6. The molecule has 7 atom stereocenters. The van der Waals surface area contributed by atoms with E-state index in [0.717, 1.165) is 57.1 Å². The highest BCUT2D eigenvalue weighted by Crippen LogP contribution is 2.68. The minimum atomic E-state index is -0.972. The van der Waals surface area contributed by atoms with Gasteiger partial charge in [-0.1, -0.05) is 24.9 Å². The molecule has 0 radical (unpaired) electrons. The standard InChI is InChI=1S/C27H36N2O6/c1-4-27(33)14-11-21-19-6-5-17-15-18(9-12-25(17,2)20(19)10-13-26(21,27)3)28-34-16-24(32)35-29-22(30)7-8-23(29)31/h1,17,19-21,33H,5-16H2,2-3H3/b28-18+/t17-,19+,20-,21-,25-,26-,27-/m0/s1. The summed E-state index contributed by atoms with van der Waals surface area (Å²) in [5, 5.41) is 15.9. The fourth-order valence-electron chi connectivity index (χ4n) is 8.36. The average molecular weight is 485 g/mol. The van der Waals surface area contributed by atoms with Crippen molar-refractivity contribution in [3.8, 4) is 12.3 Å². The van der Waals surface area contributed by atoms with Crippen LogP contribution >= 0.6 is 0 Å². The lowest BCUT2D eigenvalue weighted by Crippen LogP contribution is -2.56. The van der Waals surface area contributed by atoms with Crippen LogP contribution in [0.25, 0.3) is 0 Å². The number of fused-ring (bicyclic) bond motifs is 5. The quantitative estimate of drug-likeness (QED) is 0.373. The lowest BCUT2D eigenvalue weighted by atomic mass is 9.44. The molecule has 2 amide bonds. The van der Waals surface area contributed by atoms with Crippen LogP contribution in [0.3, 0.4) is 0 Å². The Bertz CT molecular complexity index is 986. The second-order valence-electron chi connectivity index (χ2n) is 11.8. The third-order valence-corrected chi connectivity index (χ3v) is 10.5. The van der Waals surface area contributed by atoms with E-state index in [2.05, 4.69) is 24.9 Å². The van der Waals surface area contributed by atoms with Gasteiger partial charge in [0.1, 0.15) is 5.60 Å². The Kier molecular flexibility index (Phi) is 5.98. The van der Waals surface area contributed by atoms with Crippen LogP contribution < -0.4 is 0 Å². The SMILES string of the molecule is C#C[C@]1(O)CC[C@H]2[C@@H]3CC[C@H]4C/C(=N/OCC(=O)ON5C(=O)CCC5=O)CC[C@]4(C)[C@H]3CC[C@@]21C. The van der Waals surface area contributed by atoms with Crippen LogP contribution in [-0.4, -0.2) is 45.9 Å². The van der Waals surface area contributed by atoms with Crippen LogP contribution in [0, 0.1) is 46.8 Å². The van der Waals surface area contributed by atoms with Crippen LogP contribution in [0.1, 0.15) is 84.5 Å². The number of aliphatic hydroxyl groups is 1. The maximum absolute atomic E-state index is 12.0. The molecular weight excluding hydrogens is 448 g/mol. The van der Waals surface area contributed by atoms with Crippen molar-refractivity contribution >= 4 is 23.5 Å². The van der Waals surface area contributed by atoms with Gasteiger partial charge in [0.05, 0.1) is 5.71 Å². The molecule has 1 saturated heterocycles. The van der Waals surface area contributed by atoms with Crippen LogP contribution in [0.4, 0.5) is 0 Å². The van der Waals surface area contributed by atoms with E-state index in [1.807, 2.05) is 0 Å². The Hall–Kier alpha value is -2.40. The third kappa shape index (κ3) is 3.78. The molecule has 1 N–H and O–H groups in total. The molecule has 190 valence electrons. The molecule has 35 heavy (non-hydrogen) atoms. The van der Waals surface area contributed by atoms with Gasteiger partial charge in [0.15, 0.2) is 0 Å². The smallest absolute Gasteiger partial charge is 0.373 e. The normalized spacial score (nSPS) is 43.8. The van der Waals surface area contributed by atoms with Gasteiger partial charge in [-0.15, -0.1) is 11.5 Å². The van der Waals surface area contributed by atoms with E-state index in [9.17, 15) is 19.5 Å². The van der Waals surface area contributed by atoms with Crippen LogP contribution in [0.15, 0.2) is 5.16 Å². The molecule has 0 unspecified atom stereocenters. The van der Waals surface area contributed by atoms with Crippen molar-refractivity contribution in [2.45, 2.75) is 90.1 Å². The highest BCUT2D eigenvalue weighted by atomic mass is 16.7. The molecule has 1 aliphatic heterocycles. The van der Waals surface area contributed by atoms with E-state index in [1.54, 1.807) is 0 Å². The van der Waals surface area contributed by atoms with Gasteiger partial charge in [0, 0.05) is 18.3 Å². The first-order valence-corrected chi connectivity index (χ1v) is 13.1. The summed E-state index contributed by atoms with van der Waals surface area (Å²) in [6.45, 7) is 4.22. The topological polar surface area (TPSA) is 106 Å². The molecule has 4 saturated carbocycles. The molecular formula is C27H36N2O6. The summed E-state index contributed by atoms with van der Waals surface area (Å²) in [4.78, 5) is 45.2. The van der Waals surface area contributed by atoms with Gasteiger partial charge in [-0.05, 0) is 86.9 Å². The molecule has 5 aliphatic rings. The number of rotatable bonds is 4. The number of hydrogen-bond donors (Lipinski definition) is 1. The first-order valence-electron chi connectivity index (χ1n) is 13.1. The zero-order valence-corrected chi connectivity index (χ0v) is 20.8. The van der Waals surface area contributed by atoms with Crippen molar-refractivity contribution in [2.24, 2.45) is 39.7 Å². The second-order valence-corrected chi connectivity index (χ2v) is 11.8. The fraction of sp³-hybridized carbons (Fsp3) is 0.778. The van der Waals surface area contributed by atoms with Crippen LogP contribution in [0.5, 0.6) is 0 Å². The molecule has 8 heteroatoms. The van der Waals surface area contributed by atoms with Crippen molar-refractivity contribution < 1.29 is 29.2 Å². The van der Waals surface area contributed by atoms with E-state index in [-0.39, 0.29) is 23.7 Å². The number of imide groups is 1. The predicted molar refractivity (Wildman–Crippen MR) is 126 cm³/mol. The van der Waals surface area contributed by atoms with Crippen molar-refractivity contribution in [3.63, 3.8) is 0 Å². The number of hydroxylamine groups is 2. The maximum Gasteiger partial charge on any atom is 0.373 e. The van der Waals surface area contributed by atoms with E-state index in [1.165, 1.54) is 0 Å². The number of carbonyl (C=O) groups is 3. The van der Waals surface area contributed by atoms with Gasteiger partial charge in [-0.2, -0.15) is 0 Å². The summed E-state index contributed by atoms with van der Waals surface area (Å²) in [6, 6.07) is 0. The van der Waals surface area contributed by atoms with E-state index < -0.39 is 30.0 Å². The number of nitrogens with zero attached hydrogens (tertiary/aromatic N) is 2. The minimum Gasteiger partial charge on any atom is -0.384 e. The molecule has 0 aromatic heterocycles. The summed E-state index contributed by atoms with van der Waals surface area (Å²) >= 11 is 0. The molecule has 0 bridgehead atoms. The van der Waals surface area contributed by atoms with E-state index in [4.69, 9.17) is 16.1 Å². The molecule has 0 spiro atoms. The van der Waals surface area contributed by atoms with E-state index >= 15 is 0 Å². The van der Waals surface area contributed by atoms with Gasteiger partial charge in [0.25, 0.3) is 11.8 Å². The Morgan fingerprint density at radius 3 is 2.51 bits per heavy atom. The van der Waals surface area contributed by atoms with Crippen molar-refractivity contribution in [1.82, 2.24) is 5.06 Å². The maximum atomic E-state index is 12.0. The Balaban J connectivity index is 1.19. The number of hydrogen-bond acceptors (Lipinski definition) is 7. The zero-order valence-electron chi connectivity index (χ0n) is 20.8. The third-order valence-electron chi connectivity index (χ3n) is 10.5. The summed E-state index contributed by atoms with van der Waals surface area (Å²) in [6.07, 6.45) is 14.7. The van der Waals surface area contributed by atoms with Gasteiger partial charge >= 0.3 is 5.97 Å². The highest BCUT2D eigenvalue weighted by Gasteiger charge is 2.64. The van der Waals surface area contributed by atoms with Crippen LogP contribution in [-0.2, 0) is 24.1 Å². The molecule has 0 aromatic rings. The largest absolute Gasteiger partial charge is 0.384 e. The summed E-state index contributed by atoms with van der Waals surface area (Å²) in [7, 11) is 0. The molecule has 4 aliphatic carbocycles. The summed E-state index contributed by atoms with van der Waals surface area (Å²) in [5.41, 5.74) is 0.0336. The van der Waals surface area contributed by atoms with E-state index in [0.29, 0.717) is 35.2 Å². The molecule has 8 nitrogen and oxygen atoms in total. The van der Waals surface area contributed by atoms with Crippen molar-refractivity contribution in [1.29, 1.82) is 0 Å². The van der Waals surface area contributed by atoms with Gasteiger partial charge in [-0.3, -0.25) is 9.59 Å². The Morgan fingerprint density at radius 2 is 1.80 bits per heavy atom. The lowest BCUT2D eigenvalue weighted by molar-refractivity contribution is -0.200. The zero-order chi connectivity index (χ0) is 25.0. The Labute approximate surface area is 206 Å². The molecule has 5 rings (SSSR count). The minimum absolute atomic E-state index is 0.0576. The first kappa shape index (κ1) is 24.3. The number of oxime groups is 1. The lowest BCUT2D eigenvalue weighted by Gasteiger charge is -2.60. The van der Waals surface area contributed by atoms with Crippen molar-refractivity contribution in [2.75, 3.05) is 6.61 Å². The molecule has 5 fully saturated rings. The number of amides is 2. The predicted octanol–water partition coefficient (Wildman–Crippen LogP) is 3.37. The molecule has 0 aromatic carbocycles. The van der Waals surface area contributed by atoms with Gasteiger partial charge in [-0.25, -0.2) is 4.79 Å². The highest BCUT2D eigenvalue weighted by molar-refractivity contribution is 6.01. The monoisotopic (exact) mass is 484 g/mol. The molecule has 1 heterocycles. The average Bonchev–Trinajstić information content (AvgIpc) is 3.29. The second kappa shape index (κ2) is 8.62. The number of carbonyl (C=O) groups excluding carboxylic acids is 3. The van der Waals surface area contributed by atoms with Gasteiger partial charge in [0.2, 0.25) is 6.61 Å². The van der Waals surface area contributed by atoms with Crippen LogP contribution in [0.2, 0.25) is 0 Å². The van der Waals surface area contributed by atoms with Crippen molar-refractivity contribution in [3.05, 3.63) is 0 Å². The summed E-state index contributed by atoms with van der Waals surface area (Å²) < 4.78 is 0. The fourth-order valence-corrected chi connectivity index (χ4v) is 8.36. The Morgan fingerprint density at radius 1 is 1.09 bits per heavy atom. The van der Waals surface area contributed by atoms with Gasteiger partial charge < -0.3 is 14.8 Å². The number of terminal acetylenes is 1.